The van der Waals surface area contributed by atoms with Gasteiger partial charge in [-0.05, 0) is 95.6 Å². The molecular weight excluding hydrogens is 626 g/mol. The first-order chi connectivity index (χ1) is 22.8. The summed E-state index contributed by atoms with van der Waals surface area (Å²) >= 11 is 0. The number of likely N-dealkylation sites (tertiary alicyclic amines) is 1. The smallest absolute Gasteiger partial charge is 0.329 e. The van der Waals surface area contributed by atoms with Crippen LogP contribution in [0.25, 0.3) is 0 Å². The highest BCUT2D eigenvalue weighted by Gasteiger charge is 2.51. The fourth-order valence-electron chi connectivity index (χ4n) is 6.21. The maximum absolute atomic E-state index is 13.6. The number of carbonyl (C=O) groups excluding carboxylic acids is 6. The Hall–Kier alpha value is -3.42. The fraction of sp³-hybridized carbons (Fsp3) is 0.714. The number of amides is 1. The van der Waals surface area contributed by atoms with Crippen molar-refractivity contribution in [3.8, 4) is 0 Å². The molecule has 3 aliphatic rings. The molecule has 0 aromatic carbocycles. The molecule has 0 aromatic rings. The molecule has 0 radical (unpaired) electrons. The summed E-state index contributed by atoms with van der Waals surface area (Å²) in [5.74, 6) is -6.60. The van der Waals surface area contributed by atoms with Crippen molar-refractivity contribution < 1.29 is 58.3 Å². The van der Waals surface area contributed by atoms with Gasteiger partial charge in [-0.2, -0.15) is 0 Å². The fourth-order valence-corrected chi connectivity index (χ4v) is 6.21. The molecule has 1 amide bonds. The Morgan fingerprint density at radius 1 is 1.08 bits per heavy atom. The van der Waals surface area contributed by atoms with Crippen LogP contribution in [0, 0.1) is 17.3 Å². The zero-order chi connectivity index (χ0) is 35.5. The first-order valence-electron chi connectivity index (χ1n) is 17.0. The van der Waals surface area contributed by atoms with E-state index in [1.807, 2.05) is 0 Å². The van der Waals surface area contributed by atoms with Crippen LogP contribution in [0.5, 0.6) is 0 Å². The van der Waals surface area contributed by atoms with Crippen molar-refractivity contribution in [3.63, 3.8) is 0 Å². The number of aldehydes is 1. The second kappa shape index (κ2) is 17.8. The average Bonchev–Trinajstić information content (AvgIpc) is 3.10. The zero-order valence-corrected chi connectivity index (χ0v) is 28.3. The Labute approximate surface area is 281 Å². The number of nitrogens with zero attached hydrogens (tertiary/aromatic N) is 1. The highest BCUT2D eigenvalue weighted by atomic mass is 16.6. The Kier molecular flexibility index (Phi) is 14.5. The molecule has 48 heavy (non-hydrogen) atoms. The Balaban J connectivity index is 1.66. The number of hydrogen-bond acceptors (Lipinski definition) is 12. The largest absolute Gasteiger partial charge is 0.462 e. The van der Waals surface area contributed by atoms with Crippen LogP contribution in [0.4, 0.5) is 0 Å². The van der Waals surface area contributed by atoms with E-state index in [0.717, 1.165) is 4.90 Å². The third-order valence-corrected chi connectivity index (χ3v) is 9.79. The summed E-state index contributed by atoms with van der Waals surface area (Å²) in [6, 6.07) is -1.07. The molecule has 2 heterocycles. The second-order valence-electron chi connectivity index (χ2n) is 13.7. The molecule has 0 bridgehead atoms. The van der Waals surface area contributed by atoms with Crippen molar-refractivity contribution in [2.24, 2.45) is 17.3 Å². The van der Waals surface area contributed by atoms with Gasteiger partial charge in [0.25, 0.3) is 17.5 Å². The van der Waals surface area contributed by atoms with E-state index in [0.29, 0.717) is 69.6 Å². The predicted octanol–water partition coefficient (Wildman–Crippen LogP) is 2.47. The third kappa shape index (κ3) is 10.1. The predicted molar refractivity (Wildman–Crippen MR) is 171 cm³/mol. The van der Waals surface area contributed by atoms with E-state index in [9.17, 15) is 44.1 Å². The van der Waals surface area contributed by atoms with Gasteiger partial charge in [-0.25, -0.2) is 4.79 Å². The van der Waals surface area contributed by atoms with Gasteiger partial charge in [0.15, 0.2) is 0 Å². The van der Waals surface area contributed by atoms with E-state index in [1.165, 1.54) is 19.3 Å². The molecule has 4 atom stereocenters. The van der Waals surface area contributed by atoms with Gasteiger partial charge < -0.3 is 34.4 Å². The number of piperidine rings is 1. The molecule has 3 N–H and O–H groups in total. The minimum Gasteiger partial charge on any atom is -0.462 e. The van der Waals surface area contributed by atoms with Crippen LogP contribution in [0.3, 0.4) is 0 Å². The van der Waals surface area contributed by atoms with E-state index in [2.05, 4.69) is 0 Å². The molecule has 13 heteroatoms. The van der Waals surface area contributed by atoms with Gasteiger partial charge in [0.05, 0.1) is 19.5 Å². The topological polar surface area (TPSA) is 194 Å². The van der Waals surface area contributed by atoms with Crippen molar-refractivity contribution >= 4 is 35.7 Å². The molecule has 1 saturated carbocycles. The highest BCUT2D eigenvalue weighted by molar-refractivity contribution is 6.39. The van der Waals surface area contributed by atoms with Gasteiger partial charge in [0.1, 0.15) is 35.7 Å². The van der Waals surface area contributed by atoms with Gasteiger partial charge in [0, 0.05) is 25.3 Å². The summed E-state index contributed by atoms with van der Waals surface area (Å²) in [7, 11) is 0. The molecule has 0 unspecified atom stereocenters. The summed E-state index contributed by atoms with van der Waals surface area (Å²) in [4.78, 5) is 77.6. The Morgan fingerprint density at radius 2 is 1.77 bits per heavy atom. The van der Waals surface area contributed by atoms with Gasteiger partial charge in [-0.3, -0.25) is 24.0 Å². The number of allylic oxidation sites excluding steroid dienone is 3. The van der Waals surface area contributed by atoms with Gasteiger partial charge in [-0.1, -0.05) is 13.0 Å². The first kappa shape index (κ1) is 39.0. The van der Waals surface area contributed by atoms with E-state index in [-0.39, 0.29) is 43.6 Å². The number of rotatable bonds is 16. The summed E-state index contributed by atoms with van der Waals surface area (Å²) in [6.07, 6.45) is 9.03. The number of esters is 2. The summed E-state index contributed by atoms with van der Waals surface area (Å²) < 4.78 is 16.6. The van der Waals surface area contributed by atoms with Crippen molar-refractivity contribution in [1.82, 2.24) is 4.90 Å². The molecule has 1 saturated heterocycles. The molecular formula is C35H51NO12. The number of hydrogen-bond donors (Lipinski definition) is 3. The monoisotopic (exact) mass is 677 g/mol. The lowest BCUT2D eigenvalue weighted by molar-refractivity contribution is -0.210. The number of aliphatic hydroxyl groups is 3. The molecule has 2 aliphatic heterocycles. The average molecular weight is 678 g/mol. The van der Waals surface area contributed by atoms with Gasteiger partial charge >= 0.3 is 11.9 Å². The maximum Gasteiger partial charge on any atom is 0.329 e. The van der Waals surface area contributed by atoms with Crippen molar-refractivity contribution in [2.75, 3.05) is 19.8 Å². The molecule has 2 fully saturated rings. The molecule has 0 aromatic heterocycles. The summed E-state index contributed by atoms with van der Waals surface area (Å²) in [5.41, 5.74) is -0.966. The lowest BCUT2D eigenvalue weighted by Crippen LogP contribution is -2.58. The Morgan fingerprint density at radius 3 is 2.40 bits per heavy atom. The number of ketones is 2. The van der Waals surface area contributed by atoms with Crippen molar-refractivity contribution in [2.45, 2.75) is 122 Å². The van der Waals surface area contributed by atoms with Crippen molar-refractivity contribution in [1.29, 1.82) is 0 Å². The number of Topliss-reactive ketones (excluding diaryl/α,β-unsaturated/α-hetero) is 2. The Bertz CT molecular complexity index is 1230. The number of carbonyl (C=O) groups is 6. The van der Waals surface area contributed by atoms with E-state index < -0.39 is 66.1 Å². The summed E-state index contributed by atoms with van der Waals surface area (Å²) in [5, 5.41) is 29.9. The highest BCUT2D eigenvalue weighted by Crippen LogP contribution is 2.33. The van der Waals surface area contributed by atoms with Crippen LogP contribution in [-0.2, 0) is 43.0 Å². The molecule has 268 valence electrons. The minimum atomic E-state index is -2.34. The second-order valence-corrected chi connectivity index (χ2v) is 13.7. The quantitative estimate of drug-likeness (QED) is 0.0937. The lowest BCUT2D eigenvalue weighted by atomic mass is 9.83. The lowest BCUT2D eigenvalue weighted by Gasteiger charge is -2.38. The zero-order valence-electron chi connectivity index (χ0n) is 28.3. The molecule has 1 aliphatic carbocycles. The first-order valence-corrected chi connectivity index (χ1v) is 17.0. The van der Waals surface area contributed by atoms with E-state index in [1.54, 1.807) is 19.9 Å². The third-order valence-electron chi connectivity index (χ3n) is 9.79. The standard InChI is InChI=1S/C35H51NO12/c1-23(20-37)9-13-26(40)19-28(16-12-25-10-14-27(15-11-25)48-33(44)34(3,21-38)22-39)47-32(43)29-8-4-5-17-36(29)31(42)30(41)35(45)24(2)7-6-18-46-35/h6,9,18,20,24-25,27-29,38-39,45H,4-5,7-8,10-17,19,21-22H2,1-3H3/b23-9+/t24-,25?,27?,28-,29+,35-/m1/s1. The SMILES string of the molecule is C/C(C=O)=C\CC(=O)C[C@@H](CCC1CCC(OC(=O)C(C)(CO)CO)CC1)OC(=O)[C@@H]1CCCCN1C(=O)C(=O)[C@]1(O)OC=CC[C@H]1C. The van der Waals surface area contributed by atoms with Gasteiger partial charge in [0.2, 0.25) is 0 Å². The van der Waals surface area contributed by atoms with Crippen LogP contribution in [0.15, 0.2) is 24.0 Å². The van der Waals surface area contributed by atoms with E-state index in [4.69, 9.17) is 14.2 Å². The van der Waals surface area contributed by atoms with Crippen LogP contribution in [0.1, 0.15) is 97.8 Å². The molecule has 3 rings (SSSR count). The van der Waals surface area contributed by atoms with Crippen LogP contribution in [-0.4, -0.2) is 99.7 Å². The minimum absolute atomic E-state index is 0.0105. The molecule has 0 spiro atoms. The van der Waals surface area contributed by atoms with Crippen LogP contribution >= 0.6 is 0 Å². The van der Waals surface area contributed by atoms with E-state index >= 15 is 0 Å². The van der Waals surface area contributed by atoms with Crippen molar-refractivity contribution in [3.05, 3.63) is 24.0 Å². The normalized spacial score (nSPS) is 27.0. The maximum atomic E-state index is 13.6. The number of ether oxygens (including phenoxy) is 3. The van der Waals surface area contributed by atoms with Gasteiger partial charge in [-0.15, -0.1) is 0 Å². The number of aliphatic hydroxyl groups excluding tert-OH is 2. The molecule has 13 nitrogen and oxygen atoms in total. The van der Waals surface area contributed by atoms with Crippen LogP contribution < -0.4 is 0 Å². The summed E-state index contributed by atoms with van der Waals surface area (Å²) in [6.45, 7) is 3.67. The van der Waals surface area contributed by atoms with Crippen LogP contribution in [0.2, 0.25) is 0 Å².